The molecule has 9 aromatic carbocycles. The molecule has 0 saturated heterocycles. The molecule has 13 rings (SSSR count). The second-order valence-corrected chi connectivity index (χ2v) is 16.2. The van der Waals surface area contributed by atoms with Crippen molar-refractivity contribution in [2.75, 3.05) is 0 Å². The summed E-state index contributed by atoms with van der Waals surface area (Å²) in [5.41, 5.74) is 20.3. The standard InChI is InChI=1S/C56H36N2/c1-33-21-23-37(35-13-5-3-6-14-35)29-45(33)39-25-27-41-47-31-52-48(32-51(47)57-49-19-11-9-17-43(49)53(39)55(41)57)42-28-26-40(54-44-18-10-12-20-50(44)58(52)56(42)54)46-30-38(24-22-34(46)2)36-15-7-4-8-16-36/h3-32H,1-2H3. The van der Waals surface area contributed by atoms with Crippen molar-refractivity contribution >= 4 is 76.2 Å². The van der Waals surface area contributed by atoms with Crippen LogP contribution in [-0.2, 0) is 0 Å². The number of fused-ring (bicyclic) bond motifs is 12. The zero-order valence-corrected chi connectivity index (χ0v) is 32.2. The van der Waals surface area contributed by atoms with Crippen molar-refractivity contribution in [2.45, 2.75) is 13.8 Å². The molecule has 2 nitrogen and oxygen atoms in total. The summed E-state index contributed by atoms with van der Waals surface area (Å²) in [5.74, 6) is 0. The second-order valence-electron chi connectivity index (χ2n) is 16.2. The Kier molecular flexibility index (Phi) is 6.33. The molecule has 0 aliphatic heterocycles. The van der Waals surface area contributed by atoms with Crippen LogP contribution in [0, 0.1) is 13.8 Å². The van der Waals surface area contributed by atoms with Crippen LogP contribution in [-0.4, -0.2) is 8.80 Å². The van der Waals surface area contributed by atoms with Gasteiger partial charge in [-0.05, 0) is 106 Å². The number of benzene rings is 9. The lowest BCUT2D eigenvalue weighted by molar-refractivity contribution is 1.36. The molecule has 2 heteroatoms. The van der Waals surface area contributed by atoms with E-state index in [1.54, 1.807) is 0 Å². The number of aryl methyl sites for hydroxylation is 2. The highest BCUT2D eigenvalue weighted by atomic mass is 14.9. The summed E-state index contributed by atoms with van der Waals surface area (Å²) in [7, 11) is 0. The first-order chi connectivity index (χ1) is 28.6. The maximum atomic E-state index is 2.55. The summed E-state index contributed by atoms with van der Waals surface area (Å²) in [4.78, 5) is 0. The van der Waals surface area contributed by atoms with Gasteiger partial charge >= 0.3 is 0 Å². The molecule has 0 saturated carbocycles. The topological polar surface area (TPSA) is 8.82 Å². The van der Waals surface area contributed by atoms with E-state index in [2.05, 4.69) is 205 Å². The highest BCUT2D eigenvalue weighted by Gasteiger charge is 2.25. The molecule has 0 fully saturated rings. The Morgan fingerprint density at radius 2 is 0.690 bits per heavy atom. The Balaban J connectivity index is 1.11. The predicted octanol–water partition coefficient (Wildman–Crippen LogP) is 15.3. The van der Waals surface area contributed by atoms with Crippen LogP contribution in [0.2, 0.25) is 0 Å². The number of para-hydroxylation sites is 2. The van der Waals surface area contributed by atoms with E-state index in [4.69, 9.17) is 0 Å². The lowest BCUT2D eigenvalue weighted by Gasteiger charge is -2.12. The van der Waals surface area contributed by atoms with E-state index < -0.39 is 0 Å². The average molecular weight is 737 g/mol. The first kappa shape index (κ1) is 31.7. The lowest BCUT2D eigenvalue weighted by atomic mass is 9.91. The zero-order valence-electron chi connectivity index (χ0n) is 32.2. The maximum Gasteiger partial charge on any atom is 0.0626 e. The van der Waals surface area contributed by atoms with Crippen molar-refractivity contribution in [3.05, 3.63) is 193 Å². The molecule has 0 bridgehead atoms. The Morgan fingerprint density at radius 3 is 1.14 bits per heavy atom. The van der Waals surface area contributed by atoms with Gasteiger partial charge in [-0.2, -0.15) is 0 Å². The van der Waals surface area contributed by atoms with Gasteiger partial charge in [0, 0.05) is 43.1 Å². The van der Waals surface area contributed by atoms with Gasteiger partial charge in [0.2, 0.25) is 0 Å². The Labute approximate surface area is 335 Å². The van der Waals surface area contributed by atoms with Crippen LogP contribution in [0.25, 0.3) is 121 Å². The first-order valence-electron chi connectivity index (χ1n) is 20.3. The highest BCUT2D eigenvalue weighted by molar-refractivity contribution is 6.32. The van der Waals surface area contributed by atoms with E-state index in [9.17, 15) is 0 Å². The van der Waals surface area contributed by atoms with Crippen LogP contribution in [0.4, 0.5) is 0 Å². The van der Waals surface area contributed by atoms with E-state index in [0.717, 1.165) is 0 Å². The smallest absolute Gasteiger partial charge is 0.0626 e. The minimum atomic E-state index is 1.24. The largest absolute Gasteiger partial charge is 0.308 e. The summed E-state index contributed by atoms with van der Waals surface area (Å²) in [6, 6.07) is 67.8. The van der Waals surface area contributed by atoms with Gasteiger partial charge in [-0.15, -0.1) is 0 Å². The fourth-order valence-corrected chi connectivity index (χ4v) is 10.4. The molecule has 4 aromatic heterocycles. The van der Waals surface area contributed by atoms with Crippen molar-refractivity contribution in [1.29, 1.82) is 0 Å². The normalized spacial score (nSPS) is 12.3. The van der Waals surface area contributed by atoms with E-state index >= 15 is 0 Å². The Hall–Kier alpha value is -7.42. The van der Waals surface area contributed by atoms with Crippen LogP contribution in [0.15, 0.2) is 182 Å². The fraction of sp³-hybridized carbons (Fsp3) is 0.0357. The molecular formula is C56H36N2. The monoisotopic (exact) mass is 736 g/mol. The summed E-state index contributed by atoms with van der Waals surface area (Å²) >= 11 is 0. The summed E-state index contributed by atoms with van der Waals surface area (Å²) in [6.45, 7) is 4.49. The van der Waals surface area contributed by atoms with Crippen LogP contribution in [0.5, 0.6) is 0 Å². The van der Waals surface area contributed by atoms with Gasteiger partial charge in [0.25, 0.3) is 0 Å². The minimum Gasteiger partial charge on any atom is -0.308 e. The molecule has 0 N–H and O–H groups in total. The predicted molar refractivity (Wildman–Crippen MR) is 247 cm³/mol. The Bertz CT molecular complexity index is 3540. The molecule has 0 amide bonds. The van der Waals surface area contributed by atoms with E-state index in [0.29, 0.717) is 0 Å². The molecule has 4 heterocycles. The van der Waals surface area contributed by atoms with E-state index in [1.807, 2.05) is 0 Å². The minimum absolute atomic E-state index is 1.24. The summed E-state index contributed by atoms with van der Waals surface area (Å²) in [5, 5.41) is 10.4. The van der Waals surface area contributed by atoms with Crippen LogP contribution < -0.4 is 0 Å². The Morgan fingerprint density at radius 1 is 0.276 bits per heavy atom. The quantitative estimate of drug-likeness (QED) is 0.170. The van der Waals surface area contributed by atoms with Crippen LogP contribution in [0.3, 0.4) is 0 Å². The van der Waals surface area contributed by atoms with Crippen molar-refractivity contribution in [3.8, 4) is 44.5 Å². The molecule has 0 unspecified atom stereocenters. The van der Waals surface area contributed by atoms with Gasteiger partial charge in [0.15, 0.2) is 0 Å². The van der Waals surface area contributed by atoms with Gasteiger partial charge in [-0.3, -0.25) is 0 Å². The van der Waals surface area contributed by atoms with Crippen molar-refractivity contribution in [1.82, 2.24) is 8.80 Å². The molecular weight excluding hydrogens is 701 g/mol. The first-order valence-corrected chi connectivity index (χ1v) is 20.3. The van der Waals surface area contributed by atoms with Crippen LogP contribution >= 0.6 is 0 Å². The molecule has 0 spiro atoms. The number of hydrogen-bond acceptors (Lipinski definition) is 0. The number of aromatic nitrogens is 2. The number of rotatable bonds is 4. The van der Waals surface area contributed by atoms with Gasteiger partial charge in [-0.25, -0.2) is 0 Å². The highest BCUT2D eigenvalue weighted by Crippen LogP contribution is 2.49. The number of nitrogens with zero attached hydrogens (tertiary/aromatic N) is 2. The molecule has 0 aliphatic rings. The third-order valence-electron chi connectivity index (χ3n) is 13.1. The van der Waals surface area contributed by atoms with Crippen molar-refractivity contribution in [3.63, 3.8) is 0 Å². The van der Waals surface area contributed by atoms with E-state index in [1.165, 1.54) is 132 Å². The zero-order chi connectivity index (χ0) is 38.2. The van der Waals surface area contributed by atoms with Gasteiger partial charge < -0.3 is 8.80 Å². The molecule has 13 aromatic rings. The van der Waals surface area contributed by atoms with Gasteiger partial charge in [0.1, 0.15) is 0 Å². The maximum absolute atomic E-state index is 2.55. The van der Waals surface area contributed by atoms with Crippen molar-refractivity contribution in [2.24, 2.45) is 0 Å². The van der Waals surface area contributed by atoms with Gasteiger partial charge in [-0.1, -0.05) is 146 Å². The molecule has 270 valence electrons. The fourth-order valence-electron chi connectivity index (χ4n) is 10.4. The number of hydrogen-bond donors (Lipinski definition) is 0. The summed E-state index contributed by atoms with van der Waals surface area (Å²) < 4.78 is 5.09. The third kappa shape index (κ3) is 4.16. The SMILES string of the molecule is Cc1ccc(-c2ccccc2)cc1-c1ccc2c3cc4c(cc3n3c5ccccc5c1c23)c1ccc(-c2cc(-c3ccccc3)ccc2C)c2c3ccccc3n4c12. The summed E-state index contributed by atoms with van der Waals surface area (Å²) in [6.07, 6.45) is 0. The molecule has 58 heavy (non-hydrogen) atoms. The third-order valence-corrected chi connectivity index (χ3v) is 13.1. The van der Waals surface area contributed by atoms with E-state index in [-0.39, 0.29) is 0 Å². The molecule has 0 aliphatic carbocycles. The second kappa shape index (κ2) is 11.6. The molecule has 0 radical (unpaired) electrons. The van der Waals surface area contributed by atoms with Gasteiger partial charge in [0.05, 0.1) is 33.1 Å². The molecule has 0 atom stereocenters. The lowest BCUT2D eigenvalue weighted by Crippen LogP contribution is -1.87. The van der Waals surface area contributed by atoms with Crippen LogP contribution in [0.1, 0.15) is 11.1 Å². The average Bonchev–Trinajstić information content (AvgIpc) is 4.00. The van der Waals surface area contributed by atoms with Crippen molar-refractivity contribution < 1.29 is 0 Å².